The minimum absolute atomic E-state index is 0.171. The van der Waals surface area contributed by atoms with Gasteiger partial charge in [-0.3, -0.25) is 0 Å². The molecule has 9 heteroatoms. The predicted molar refractivity (Wildman–Crippen MR) is 108 cm³/mol. The van der Waals surface area contributed by atoms with Gasteiger partial charge in [-0.2, -0.15) is 13.9 Å². The number of aromatic nitrogens is 4. The van der Waals surface area contributed by atoms with Crippen molar-refractivity contribution in [2.24, 2.45) is 5.73 Å². The fraction of sp³-hybridized carbons (Fsp3) is 0.250. The van der Waals surface area contributed by atoms with Gasteiger partial charge in [0.15, 0.2) is 0 Å². The normalized spacial score (nSPS) is 10.8. The number of hydrogen-bond acceptors (Lipinski definition) is 5. The van der Waals surface area contributed by atoms with E-state index in [9.17, 15) is 13.6 Å². The average Bonchev–Trinajstić information content (AvgIpc) is 3.06. The van der Waals surface area contributed by atoms with Gasteiger partial charge in [0.25, 0.3) is 6.08 Å². The van der Waals surface area contributed by atoms with Crippen molar-refractivity contribution < 1.29 is 8.78 Å². The molecule has 0 aliphatic carbocycles. The molecule has 1 aromatic carbocycles. The lowest BCUT2D eigenvalue weighted by atomic mass is 10.00. The molecule has 0 saturated heterocycles. The Labute approximate surface area is 166 Å². The molecule has 152 valence electrons. The minimum atomic E-state index is -1.85. The topological polar surface area (TPSA) is 92.8 Å². The Morgan fingerprint density at radius 2 is 2.00 bits per heavy atom. The van der Waals surface area contributed by atoms with Crippen LogP contribution in [0.4, 0.5) is 14.6 Å². The first-order chi connectivity index (χ1) is 13.8. The molecule has 0 fully saturated rings. The summed E-state index contributed by atoms with van der Waals surface area (Å²) in [5, 5.41) is 6.26. The van der Waals surface area contributed by atoms with Crippen LogP contribution in [0, 0.1) is 6.92 Å². The quantitative estimate of drug-likeness (QED) is 0.664. The number of anilines is 1. The first-order valence-corrected chi connectivity index (χ1v) is 8.96. The van der Waals surface area contributed by atoms with Crippen LogP contribution in [0.25, 0.3) is 16.8 Å². The van der Waals surface area contributed by atoms with Crippen molar-refractivity contribution in [1.82, 2.24) is 19.7 Å². The average molecular weight is 400 g/mol. The van der Waals surface area contributed by atoms with Crippen molar-refractivity contribution in [1.29, 1.82) is 0 Å². The molecule has 0 radical (unpaired) electrons. The molecule has 0 atom stereocenters. The summed E-state index contributed by atoms with van der Waals surface area (Å²) in [6.07, 6.45) is -0.318. The smallest absolute Gasteiger partial charge is 0.347 e. The van der Waals surface area contributed by atoms with Gasteiger partial charge >= 0.3 is 5.69 Å². The lowest BCUT2D eigenvalue weighted by Gasteiger charge is -2.15. The second-order valence-electron chi connectivity index (χ2n) is 6.77. The lowest BCUT2D eigenvalue weighted by Crippen LogP contribution is -2.19. The second-order valence-corrected chi connectivity index (χ2v) is 6.77. The van der Waals surface area contributed by atoms with Gasteiger partial charge in [-0.05, 0) is 36.2 Å². The third kappa shape index (κ3) is 4.09. The van der Waals surface area contributed by atoms with E-state index in [4.69, 9.17) is 5.73 Å². The molecule has 2 aromatic heterocycles. The Morgan fingerprint density at radius 3 is 2.59 bits per heavy atom. The van der Waals surface area contributed by atoms with E-state index in [-0.39, 0.29) is 24.4 Å². The molecule has 0 saturated carbocycles. The number of rotatable bonds is 6. The van der Waals surface area contributed by atoms with E-state index in [2.05, 4.69) is 15.2 Å². The number of aromatic amines is 1. The molecule has 0 bridgehead atoms. The maximum atomic E-state index is 13.0. The third-order valence-corrected chi connectivity index (χ3v) is 4.69. The zero-order chi connectivity index (χ0) is 21.1. The zero-order valence-corrected chi connectivity index (χ0v) is 16.4. The number of nitrogens with two attached hydrogens (primary N) is 1. The molecule has 3 N–H and O–H groups in total. The molecule has 2 heterocycles. The molecule has 0 aliphatic heterocycles. The van der Waals surface area contributed by atoms with Gasteiger partial charge in [0.1, 0.15) is 11.6 Å². The van der Waals surface area contributed by atoms with Crippen molar-refractivity contribution >= 4 is 5.82 Å². The van der Waals surface area contributed by atoms with Crippen LogP contribution >= 0.6 is 0 Å². The fourth-order valence-electron chi connectivity index (χ4n) is 3.09. The van der Waals surface area contributed by atoms with E-state index in [1.807, 2.05) is 44.1 Å². The van der Waals surface area contributed by atoms with E-state index in [1.54, 1.807) is 18.3 Å². The maximum absolute atomic E-state index is 13.0. The number of pyridine rings is 1. The largest absolute Gasteiger partial charge is 0.363 e. The van der Waals surface area contributed by atoms with E-state index in [0.29, 0.717) is 5.69 Å². The molecular formula is C20H22F2N6O. The Bertz CT molecular complexity index is 1090. The number of halogens is 2. The Balaban J connectivity index is 2.08. The van der Waals surface area contributed by atoms with Crippen LogP contribution in [0.15, 0.2) is 53.0 Å². The SMILES string of the molecule is Cc1c(-c2ccc(N(C)C)nc2)cccc1-n1c(CC(CN)=C(F)F)n[nH]c1=O. The standard InChI is InChI=1S/C20H22F2N6O/c1-12-15(13-7-8-17(24-11-13)27(2)3)5-4-6-16(12)28-18(25-26-20(28)29)9-14(10-23)19(21)22/h4-8,11H,9-10,23H2,1-3H3,(H,26,29). The van der Waals surface area contributed by atoms with Gasteiger partial charge in [0.05, 0.1) is 5.69 Å². The summed E-state index contributed by atoms with van der Waals surface area (Å²) in [5.41, 5.74) is 7.76. The summed E-state index contributed by atoms with van der Waals surface area (Å²) in [7, 11) is 3.82. The number of hydrogen-bond donors (Lipinski definition) is 2. The van der Waals surface area contributed by atoms with Gasteiger partial charge in [-0.25, -0.2) is 19.4 Å². The Kier molecular flexibility index (Phi) is 5.88. The van der Waals surface area contributed by atoms with Crippen LogP contribution in [0.2, 0.25) is 0 Å². The Morgan fingerprint density at radius 1 is 1.24 bits per heavy atom. The summed E-state index contributed by atoms with van der Waals surface area (Å²) in [6.45, 7) is 1.55. The van der Waals surface area contributed by atoms with E-state index >= 15 is 0 Å². The van der Waals surface area contributed by atoms with Crippen LogP contribution in [-0.2, 0) is 6.42 Å². The zero-order valence-electron chi connectivity index (χ0n) is 16.4. The summed E-state index contributed by atoms with van der Waals surface area (Å²) in [5.74, 6) is 0.995. The highest BCUT2D eigenvalue weighted by Gasteiger charge is 2.17. The first kappa shape index (κ1) is 20.4. The molecule has 0 amide bonds. The number of H-pyrrole nitrogens is 1. The summed E-state index contributed by atoms with van der Waals surface area (Å²) in [4.78, 5) is 18.7. The number of nitrogens with zero attached hydrogens (tertiary/aromatic N) is 4. The molecule has 0 aliphatic rings. The number of nitrogens with one attached hydrogen (secondary N) is 1. The fourth-order valence-corrected chi connectivity index (χ4v) is 3.09. The van der Waals surface area contributed by atoms with Crippen molar-refractivity contribution in [3.8, 4) is 16.8 Å². The van der Waals surface area contributed by atoms with Gasteiger partial charge < -0.3 is 10.6 Å². The molecular weight excluding hydrogens is 378 g/mol. The summed E-state index contributed by atoms with van der Waals surface area (Å²) >= 11 is 0. The molecule has 7 nitrogen and oxygen atoms in total. The molecule has 0 unspecified atom stereocenters. The van der Waals surface area contributed by atoms with Gasteiger partial charge in [-0.15, -0.1) is 0 Å². The first-order valence-electron chi connectivity index (χ1n) is 8.96. The van der Waals surface area contributed by atoms with Crippen LogP contribution in [0.1, 0.15) is 11.4 Å². The highest BCUT2D eigenvalue weighted by atomic mass is 19.3. The third-order valence-electron chi connectivity index (χ3n) is 4.69. The van der Waals surface area contributed by atoms with Crippen LogP contribution in [0.5, 0.6) is 0 Å². The molecule has 3 rings (SSSR count). The van der Waals surface area contributed by atoms with Crippen molar-refractivity contribution in [3.63, 3.8) is 0 Å². The van der Waals surface area contributed by atoms with Gasteiger partial charge in [0.2, 0.25) is 0 Å². The van der Waals surface area contributed by atoms with Gasteiger partial charge in [0, 0.05) is 44.4 Å². The van der Waals surface area contributed by atoms with Crippen LogP contribution in [-0.4, -0.2) is 40.4 Å². The second kappa shape index (κ2) is 8.36. The van der Waals surface area contributed by atoms with Crippen LogP contribution < -0.4 is 16.3 Å². The van der Waals surface area contributed by atoms with E-state index < -0.39 is 11.8 Å². The highest BCUT2D eigenvalue weighted by molar-refractivity contribution is 5.71. The van der Waals surface area contributed by atoms with Crippen LogP contribution in [0.3, 0.4) is 0 Å². The van der Waals surface area contributed by atoms with E-state index in [1.165, 1.54) is 4.57 Å². The highest BCUT2D eigenvalue weighted by Crippen LogP contribution is 2.28. The lowest BCUT2D eigenvalue weighted by molar-refractivity contribution is 0.407. The minimum Gasteiger partial charge on any atom is -0.363 e. The number of benzene rings is 1. The van der Waals surface area contributed by atoms with Gasteiger partial charge in [-0.1, -0.05) is 12.1 Å². The summed E-state index contributed by atoms with van der Waals surface area (Å²) < 4.78 is 27.4. The molecule has 29 heavy (non-hydrogen) atoms. The Hall–Kier alpha value is -3.33. The van der Waals surface area contributed by atoms with E-state index in [0.717, 1.165) is 22.5 Å². The van der Waals surface area contributed by atoms with Crippen molar-refractivity contribution in [3.05, 3.63) is 70.1 Å². The summed E-state index contributed by atoms with van der Waals surface area (Å²) in [6, 6.07) is 9.32. The maximum Gasteiger partial charge on any atom is 0.347 e. The predicted octanol–water partition coefficient (Wildman–Crippen LogP) is 2.65. The van der Waals surface area contributed by atoms with Crippen molar-refractivity contribution in [2.75, 3.05) is 25.5 Å². The molecule has 3 aromatic rings. The monoisotopic (exact) mass is 400 g/mol. The van der Waals surface area contributed by atoms with Crippen molar-refractivity contribution in [2.45, 2.75) is 13.3 Å². The molecule has 0 spiro atoms.